The van der Waals surface area contributed by atoms with Crippen LogP contribution in [0, 0.1) is 16.7 Å². The van der Waals surface area contributed by atoms with Crippen LogP contribution in [0.25, 0.3) is 23.0 Å². The molecule has 3 aromatic carbocycles. The Balaban J connectivity index is 1.31. The average Bonchev–Trinajstić information content (AvgIpc) is 3.69. The van der Waals surface area contributed by atoms with Crippen LogP contribution in [-0.2, 0) is 4.79 Å². The van der Waals surface area contributed by atoms with Crippen molar-refractivity contribution in [3.05, 3.63) is 101 Å². The van der Waals surface area contributed by atoms with E-state index in [0.717, 1.165) is 41.1 Å². The Morgan fingerprint density at radius 3 is 2.36 bits per heavy atom. The predicted octanol–water partition coefficient (Wildman–Crippen LogP) is 8.58. The second kappa shape index (κ2) is 10.8. The van der Waals surface area contributed by atoms with E-state index in [0.29, 0.717) is 26.7 Å². The maximum absolute atomic E-state index is 14.1. The molecule has 7 rings (SSSR count). The molecule has 9 heteroatoms. The summed E-state index contributed by atoms with van der Waals surface area (Å²) in [6.45, 7) is 6.98. The largest absolute Gasteiger partial charge is 0.508 e. The summed E-state index contributed by atoms with van der Waals surface area (Å²) in [5, 5.41) is 25.5. The van der Waals surface area contributed by atoms with Crippen LogP contribution in [0.4, 0.5) is 5.69 Å². The smallest absolute Gasteiger partial charge is 0.271 e. The number of phenols is 1. The first-order chi connectivity index (χ1) is 21.1. The summed E-state index contributed by atoms with van der Waals surface area (Å²) in [5.74, 6) is 0.509. The summed E-state index contributed by atoms with van der Waals surface area (Å²) in [6, 6.07) is 23.9. The fourth-order valence-electron chi connectivity index (χ4n) is 6.73. The van der Waals surface area contributed by atoms with E-state index < -0.39 is 0 Å². The molecule has 2 atom stereocenters. The second-order valence-electron chi connectivity index (χ2n) is 12.4. The Bertz CT molecular complexity index is 1840. The van der Waals surface area contributed by atoms with Crippen LogP contribution in [-0.4, -0.2) is 31.7 Å². The zero-order chi connectivity index (χ0) is 30.6. The molecule has 2 heterocycles. The maximum atomic E-state index is 14.1. The Morgan fingerprint density at radius 1 is 0.977 bits per heavy atom. The van der Waals surface area contributed by atoms with E-state index in [-0.39, 0.29) is 22.5 Å². The van der Waals surface area contributed by atoms with Gasteiger partial charge in [-0.1, -0.05) is 62.7 Å². The minimum Gasteiger partial charge on any atom is -0.508 e. The summed E-state index contributed by atoms with van der Waals surface area (Å²) >= 11 is 7.48. The van der Waals surface area contributed by atoms with Crippen LogP contribution in [0.3, 0.4) is 0 Å². The van der Waals surface area contributed by atoms with E-state index in [1.54, 1.807) is 29.2 Å². The van der Waals surface area contributed by atoms with Crippen LogP contribution in [0.5, 0.6) is 5.75 Å². The number of hydrogen-bond donors (Lipinski definition) is 1. The van der Waals surface area contributed by atoms with Gasteiger partial charge in [0.25, 0.3) is 5.91 Å². The van der Waals surface area contributed by atoms with Crippen LogP contribution < -0.4 is 4.90 Å². The molecule has 1 aliphatic heterocycles. The molecule has 1 aromatic heterocycles. The molecule has 2 saturated carbocycles. The van der Waals surface area contributed by atoms with Gasteiger partial charge in [-0.2, -0.15) is 10.2 Å². The van der Waals surface area contributed by atoms with Gasteiger partial charge in [0.2, 0.25) is 5.17 Å². The number of amides is 1. The van der Waals surface area contributed by atoms with Crippen molar-refractivity contribution >= 4 is 51.9 Å². The molecule has 7 nitrogen and oxygen atoms in total. The lowest BCUT2D eigenvalue weighted by molar-refractivity contribution is -0.113. The highest BCUT2D eigenvalue weighted by Gasteiger charge is 2.60. The van der Waals surface area contributed by atoms with Crippen LogP contribution in [0.2, 0.25) is 5.02 Å². The van der Waals surface area contributed by atoms with Gasteiger partial charge in [-0.15, -0.1) is 5.10 Å². The van der Waals surface area contributed by atoms with Crippen LogP contribution >= 0.6 is 23.4 Å². The number of thioether (sulfide) groups is 1. The van der Waals surface area contributed by atoms with E-state index >= 15 is 0 Å². The van der Waals surface area contributed by atoms with Crippen molar-refractivity contribution in [2.75, 3.05) is 4.90 Å². The van der Waals surface area contributed by atoms with E-state index in [2.05, 4.69) is 20.8 Å². The molecule has 3 aliphatic rings. The molecule has 2 unspecified atom stereocenters. The lowest BCUT2D eigenvalue weighted by Gasteiger charge is -2.34. The highest BCUT2D eigenvalue weighted by Crippen LogP contribution is 2.64. The summed E-state index contributed by atoms with van der Waals surface area (Å²) in [4.78, 5) is 16.1. The van der Waals surface area contributed by atoms with Crippen molar-refractivity contribution in [3.63, 3.8) is 0 Å². The number of benzene rings is 3. The Hall–Kier alpha value is -4.14. The lowest BCUT2D eigenvalue weighted by Crippen LogP contribution is -2.32. The topological polar surface area (TPSA) is 83.1 Å². The summed E-state index contributed by atoms with van der Waals surface area (Å²) in [7, 11) is 0. The number of carbonyl (C=O) groups is 1. The number of nitrogens with zero attached hydrogens (tertiary/aromatic N) is 5. The number of phenolic OH excluding ortho intramolecular Hbond substituents is 1. The number of aromatic hydroxyl groups is 1. The molecular formula is C35H32ClN5O2S. The van der Waals surface area contributed by atoms with Crippen molar-refractivity contribution in [3.8, 4) is 22.7 Å². The quantitative estimate of drug-likeness (QED) is 0.179. The van der Waals surface area contributed by atoms with Gasteiger partial charge in [0.15, 0.2) is 0 Å². The number of halogens is 1. The first-order valence-corrected chi connectivity index (χ1v) is 15.9. The first kappa shape index (κ1) is 28.6. The molecule has 4 aromatic rings. The highest BCUT2D eigenvalue weighted by molar-refractivity contribution is 8.19. The van der Waals surface area contributed by atoms with Gasteiger partial charge in [-0.05, 0) is 97.0 Å². The van der Waals surface area contributed by atoms with E-state index in [1.165, 1.54) is 18.2 Å². The van der Waals surface area contributed by atoms with Gasteiger partial charge in [0.05, 0.1) is 22.0 Å². The molecule has 2 bridgehead atoms. The SMILES string of the molecule is CC12CCC(CC1=NN=C1SC(=Cc3cn(-c4ccccc4)nc3-c3ccc(Cl)cc3)C(=O)N1c1ccc(O)cc1)C2(C)C. The van der Waals surface area contributed by atoms with Gasteiger partial charge in [-0.3, -0.25) is 9.69 Å². The third-order valence-electron chi connectivity index (χ3n) is 9.85. The molecule has 222 valence electrons. The molecular weight excluding hydrogens is 590 g/mol. The fraction of sp³-hybridized carbons (Fsp3) is 0.257. The summed E-state index contributed by atoms with van der Waals surface area (Å²) < 4.78 is 1.82. The molecule has 3 fully saturated rings. The normalized spacial score (nSPS) is 25.2. The molecule has 2 aliphatic carbocycles. The fourth-order valence-corrected chi connectivity index (χ4v) is 7.78. The highest BCUT2D eigenvalue weighted by atomic mass is 35.5. The van der Waals surface area contributed by atoms with Gasteiger partial charge < -0.3 is 5.11 Å². The number of amidine groups is 1. The number of anilines is 1. The molecule has 0 spiro atoms. The van der Waals surface area contributed by atoms with Crippen molar-refractivity contribution in [1.82, 2.24) is 9.78 Å². The maximum Gasteiger partial charge on any atom is 0.271 e. The minimum absolute atomic E-state index is 0.00343. The number of aromatic nitrogens is 2. The number of hydrogen-bond acceptors (Lipinski definition) is 6. The van der Waals surface area contributed by atoms with Crippen molar-refractivity contribution in [2.24, 2.45) is 27.0 Å². The van der Waals surface area contributed by atoms with Gasteiger partial charge >= 0.3 is 0 Å². The van der Waals surface area contributed by atoms with Crippen molar-refractivity contribution < 1.29 is 9.90 Å². The van der Waals surface area contributed by atoms with E-state index in [4.69, 9.17) is 26.9 Å². The molecule has 44 heavy (non-hydrogen) atoms. The van der Waals surface area contributed by atoms with E-state index in [1.807, 2.05) is 71.6 Å². The number of para-hydroxylation sites is 1. The molecule has 1 amide bonds. The standard InChI is InChI=1S/C35H32ClN5O2S/c1-34(2)24-17-18-35(34,3)30(20-24)37-38-33-41(27-13-15-28(42)16-14-27)32(43)29(44-33)19-23-21-40(26-7-5-4-6-8-26)39-31(23)22-9-11-25(36)12-10-22/h4-16,19,21,24,42H,17-18,20H2,1-3H3. The lowest BCUT2D eigenvalue weighted by atomic mass is 9.70. The van der Waals surface area contributed by atoms with E-state index in [9.17, 15) is 9.90 Å². The zero-order valence-corrected chi connectivity index (χ0v) is 26.3. The third-order valence-corrected chi connectivity index (χ3v) is 11.1. The Labute approximate surface area is 266 Å². The molecule has 0 radical (unpaired) electrons. The van der Waals surface area contributed by atoms with Gasteiger partial charge in [0, 0.05) is 33.5 Å². The average molecular weight is 622 g/mol. The first-order valence-electron chi connectivity index (χ1n) is 14.7. The predicted molar refractivity (Wildman–Crippen MR) is 179 cm³/mol. The minimum atomic E-state index is -0.214. The van der Waals surface area contributed by atoms with Crippen LogP contribution in [0.15, 0.2) is 100 Å². The number of fused-ring (bicyclic) bond motifs is 2. The summed E-state index contributed by atoms with van der Waals surface area (Å²) in [6.07, 6.45) is 7.05. The number of carbonyl (C=O) groups excluding carboxylic acids is 1. The van der Waals surface area contributed by atoms with Crippen LogP contribution in [0.1, 0.15) is 45.6 Å². The van der Waals surface area contributed by atoms with Gasteiger partial charge in [-0.25, -0.2) is 4.68 Å². The van der Waals surface area contributed by atoms with Crippen molar-refractivity contribution in [1.29, 1.82) is 0 Å². The Morgan fingerprint density at radius 2 is 1.70 bits per heavy atom. The second-order valence-corrected chi connectivity index (χ2v) is 13.9. The third kappa shape index (κ3) is 4.77. The zero-order valence-electron chi connectivity index (χ0n) is 24.7. The monoisotopic (exact) mass is 621 g/mol. The molecule has 1 saturated heterocycles. The molecule has 1 N–H and O–H groups in total. The number of rotatable bonds is 5. The summed E-state index contributed by atoms with van der Waals surface area (Å²) in [5.41, 5.74) is 5.19. The van der Waals surface area contributed by atoms with Crippen molar-refractivity contribution in [2.45, 2.75) is 40.0 Å². The van der Waals surface area contributed by atoms with Gasteiger partial charge in [0.1, 0.15) is 5.75 Å². The Kier molecular flexibility index (Phi) is 7.02.